The van der Waals surface area contributed by atoms with Gasteiger partial charge in [0, 0.05) is 24.8 Å². The maximum absolute atomic E-state index is 14.1. The van der Waals surface area contributed by atoms with Gasteiger partial charge in [-0.1, -0.05) is 24.3 Å². The number of methoxy groups -OCH3 is 1. The Kier molecular flexibility index (Phi) is 9.23. The molecule has 3 N–H and O–H groups in total. The third kappa shape index (κ3) is 7.31. The van der Waals surface area contributed by atoms with Crippen LogP contribution in [0.25, 0.3) is 0 Å². The zero-order valence-corrected chi connectivity index (χ0v) is 26.2. The molecule has 1 fully saturated rings. The van der Waals surface area contributed by atoms with Gasteiger partial charge in [0.2, 0.25) is 16.0 Å². The molecule has 45 heavy (non-hydrogen) atoms. The van der Waals surface area contributed by atoms with Crippen molar-refractivity contribution in [1.29, 1.82) is 0 Å². The van der Waals surface area contributed by atoms with Crippen LogP contribution >= 0.6 is 0 Å². The minimum Gasteiger partial charge on any atom is -0.495 e. The quantitative estimate of drug-likeness (QED) is 0.315. The third-order valence-electron chi connectivity index (χ3n) is 8.29. The lowest BCUT2D eigenvalue weighted by molar-refractivity contribution is -0.137. The van der Waals surface area contributed by atoms with E-state index in [9.17, 15) is 26.4 Å². The van der Waals surface area contributed by atoms with Crippen molar-refractivity contribution in [2.24, 2.45) is 0 Å². The highest BCUT2D eigenvalue weighted by molar-refractivity contribution is 7.88. The van der Waals surface area contributed by atoms with Crippen LogP contribution in [0, 0.1) is 0 Å². The van der Waals surface area contributed by atoms with Gasteiger partial charge < -0.3 is 25.6 Å². The highest BCUT2D eigenvalue weighted by Gasteiger charge is 2.41. The SMILES string of the molecule is COc1cc(C(=O)NC2CCN(C)CC2)ccc1Nc1ncc(C(F)(F)F)c(N[C@@H]2Cc3ccccc3[C@@H]2N(C)S(C)(=O)=O)n1. The first kappa shape index (κ1) is 32.4. The second-order valence-corrected chi connectivity index (χ2v) is 13.5. The van der Waals surface area contributed by atoms with E-state index >= 15 is 0 Å². The Morgan fingerprint density at radius 1 is 1.13 bits per heavy atom. The number of benzene rings is 2. The number of halogens is 3. The summed E-state index contributed by atoms with van der Waals surface area (Å²) in [6, 6.07) is 10.4. The van der Waals surface area contributed by atoms with Crippen LogP contribution in [-0.2, 0) is 22.6 Å². The van der Waals surface area contributed by atoms with Crippen molar-refractivity contribution >= 4 is 33.4 Å². The van der Waals surface area contributed by atoms with Crippen LogP contribution in [0.15, 0.2) is 48.7 Å². The molecular formula is C30H36F3N7O4S. The second-order valence-electron chi connectivity index (χ2n) is 11.4. The Labute approximate surface area is 260 Å². The molecule has 2 heterocycles. The molecule has 0 unspecified atom stereocenters. The van der Waals surface area contributed by atoms with Crippen LogP contribution in [0.4, 0.5) is 30.6 Å². The predicted octanol–water partition coefficient (Wildman–Crippen LogP) is 4.04. The summed E-state index contributed by atoms with van der Waals surface area (Å²) in [7, 11) is 1.16. The van der Waals surface area contributed by atoms with Crippen LogP contribution in [-0.4, -0.2) is 86.1 Å². The smallest absolute Gasteiger partial charge is 0.421 e. The molecule has 242 valence electrons. The molecule has 0 bridgehead atoms. The predicted molar refractivity (Wildman–Crippen MR) is 164 cm³/mol. The van der Waals surface area contributed by atoms with Gasteiger partial charge in [0.25, 0.3) is 5.91 Å². The number of amides is 1. The van der Waals surface area contributed by atoms with E-state index in [1.54, 1.807) is 30.3 Å². The molecule has 1 saturated heterocycles. The van der Waals surface area contributed by atoms with Gasteiger partial charge >= 0.3 is 6.18 Å². The van der Waals surface area contributed by atoms with Gasteiger partial charge in [-0.05, 0) is 68.7 Å². The average molecular weight is 648 g/mol. The third-order valence-corrected chi connectivity index (χ3v) is 9.56. The van der Waals surface area contributed by atoms with Crippen molar-refractivity contribution in [2.45, 2.75) is 43.6 Å². The molecule has 1 aromatic heterocycles. The van der Waals surface area contributed by atoms with E-state index < -0.39 is 39.7 Å². The van der Waals surface area contributed by atoms with Gasteiger partial charge in [-0.2, -0.15) is 22.5 Å². The average Bonchev–Trinajstić information content (AvgIpc) is 3.34. The largest absolute Gasteiger partial charge is 0.495 e. The van der Waals surface area contributed by atoms with Crippen molar-refractivity contribution in [3.63, 3.8) is 0 Å². The van der Waals surface area contributed by atoms with Gasteiger partial charge in [-0.3, -0.25) is 4.79 Å². The highest BCUT2D eigenvalue weighted by Crippen LogP contribution is 2.41. The monoisotopic (exact) mass is 647 g/mol. The van der Waals surface area contributed by atoms with Crippen molar-refractivity contribution in [1.82, 2.24) is 24.5 Å². The Balaban J connectivity index is 1.40. The van der Waals surface area contributed by atoms with Gasteiger partial charge in [-0.15, -0.1) is 0 Å². The number of nitrogens with zero attached hydrogens (tertiary/aromatic N) is 4. The van der Waals surface area contributed by atoms with Crippen molar-refractivity contribution < 1.29 is 31.1 Å². The Morgan fingerprint density at radius 2 is 1.84 bits per heavy atom. The number of carbonyl (C=O) groups excluding carboxylic acids is 1. The highest BCUT2D eigenvalue weighted by atomic mass is 32.2. The number of hydrogen-bond donors (Lipinski definition) is 3. The first-order chi connectivity index (χ1) is 21.2. The molecule has 11 nitrogen and oxygen atoms in total. The van der Waals surface area contributed by atoms with Gasteiger partial charge in [0.1, 0.15) is 17.1 Å². The number of anilines is 3. The topological polar surface area (TPSA) is 129 Å². The molecule has 2 aromatic carbocycles. The molecule has 2 atom stereocenters. The fourth-order valence-electron chi connectivity index (χ4n) is 5.77. The van der Waals surface area contributed by atoms with Crippen LogP contribution in [0.3, 0.4) is 0 Å². The zero-order valence-electron chi connectivity index (χ0n) is 25.4. The minimum atomic E-state index is -4.79. The number of alkyl halides is 3. The van der Waals surface area contributed by atoms with E-state index in [-0.39, 0.29) is 30.1 Å². The van der Waals surface area contributed by atoms with E-state index in [1.807, 2.05) is 13.1 Å². The number of fused-ring (bicyclic) bond motifs is 1. The number of aromatic nitrogens is 2. The maximum Gasteiger partial charge on any atom is 0.421 e. The minimum absolute atomic E-state index is 0.0634. The number of likely N-dealkylation sites (tertiary alicyclic amines) is 1. The summed E-state index contributed by atoms with van der Waals surface area (Å²) in [6.07, 6.45) is -1.09. The normalized spacial score (nSPS) is 19.3. The van der Waals surface area contributed by atoms with E-state index in [2.05, 4.69) is 30.8 Å². The molecule has 1 amide bonds. The fraction of sp³-hybridized carbons (Fsp3) is 0.433. The van der Waals surface area contributed by atoms with Gasteiger partial charge in [0.15, 0.2) is 0 Å². The van der Waals surface area contributed by atoms with Crippen molar-refractivity contribution in [2.75, 3.05) is 51.2 Å². The van der Waals surface area contributed by atoms with E-state index in [0.717, 1.165) is 42.1 Å². The number of carbonyl (C=O) groups is 1. The Bertz CT molecular complexity index is 1660. The molecule has 0 saturated carbocycles. The van der Waals surface area contributed by atoms with Crippen LogP contribution in [0.2, 0.25) is 0 Å². The summed E-state index contributed by atoms with van der Waals surface area (Å²) in [4.78, 5) is 23.2. The lowest BCUT2D eigenvalue weighted by Crippen LogP contribution is -2.43. The molecule has 2 aliphatic rings. The molecule has 3 aromatic rings. The molecule has 1 aliphatic heterocycles. The van der Waals surface area contributed by atoms with E-state index in [4.69, 9.17) is 4.74 Å². The first-order valence-electron chi connectivity index (χ1n) is 14.4. The number of nitrogens with one attached hydrogen (secondary N) is 3. The number of piperidine rings is 1. The fourth-order valence-corrected chi connectivity index (χ4v) is 6.45. The zero-order chi connectivity index (χ0) is 32.5. The number of hydrogen-bond acceptors (Lipinski definition) is 9. The van der Waals surface area contributed by atoms with Crippen molar-refractivity contribution in [3.8, 4) is 5.75 Å². The molecule has 5 rings (SSSR count). The number of rotatable bonds is 9. The maximum atomic E-state index is 14.1. The number of likely N-dealkylation sites (N-methyl/N-ethyl adjacent to an activating group) is 1. The molecule has 1 aliphatic carbocycles. The molecular weight excluding hydrogens is 611 g/mol. The van der Waals surface area contributed by atoms with Gasteiger partial charge in [0.05, 0.1) is 31.1 Å². The van der Waals surface area contributed by atoms with E-state index in [1.165, 1.54) is 20.2 Å². The van der Waals surface area contributed by atoms with Crippen LogP contribution in [0.1, 0.15) is 45.9 Å². The summed E-state index contributed by atoms with van der Waals surface area (Å²) in [5.41, 5.74) is 1.13. The number of sulfonamides is 1. The first-order valence-corrected chi connectivity index (χ1v) is 16.3. The summed E-state index contributed by atoms with van der Waals surface area (Å²) in [6.45, 7) is 1.79. The lowest BCUT2D eigenvalue weighted by Gasteiger charge is -2.30. The van der Waals surface area contributed by atoms with E-state index in [0.29, 0.717) is 23.0 Å². The summed E-state index contributed by atoms with van der Waals surface area (Å²) >= 11 is 0. The molecule has 0 radical (unpaired) electrons. The second kappa shape index (κ2) is 12.8. The van der Waals surface area contributed by atoms with Crippen molar-refractivity contribution in [3.05, 3.63) is 70.9 Å². The Morgan fingerprint density at radius 3 is 2.51 bits per heavy atom. The lowest BCUT2D eigenvalue weighted by atomic mass is 10.0. The number of ether oxygens (including phenoxy) is 1. The Hall–Kier alpha value is -3.95. The van der Waals surface area contributed by atoms with Crippen LogP contribution in [0.5, 0.6) is 5.75 Å². The summed E-state index contributed by atoms with van der Waals surface area (Å²) < 4.78 is 73.9. The molecule has 15 heteroatoms. The standard InChI is InChI=1S/C30H36F3N7O4S/c1-39-13-11-20(12-14-39)35-28(41)19-9-10-23(25(16-19)44-3)37-29-34-17-22(30(31,32)33)27(38-29)36-24-15-18-7-5-6-8-21(18)26(24)40(2)45(4,42)43/h5-10,16-17,20,24,26H,11-15H2,1-4H3,(H,35,41)(H2,34,36,37,38)/t24-,26+/m1/s1. The van der Waals surface area contributed by atoms with Gasteiger partial charge in [-0.25, -0.2) is 13.4 Å². The van der Waals surface area contributed by atoms with Crippen LogP contribution < -0.4 is 20.7 Å². The summed E-state index contributed by atoms with van der Waals surface area (Å²) in [5.74, 6) is -0.642. The molecule has 0 spiro atoms. The summed E-state index contributed by atoms with van der Waals surface area (Å²) in [5, 5.41) is 8.82.